The van der Waals surface area contributed by atoms with Crippen molar-refractivity contribution in [2.24, 2.45) is 0 Å². The molecular weight excluding hydrogens is 320 g/mol. The Hall–Kier alpha value is -2.86. The average Bonchev–Trinajstić information content (AvgIpc) is 3.16. The van der Waals surface area contributed by atoms with Crippen molar-refractivity contribution in [3.05, 3.63) is 54.6 Å². The van der Waals surface area contributed by atoms with E-state index in [0.717, 1.165) is 12.8 Å². The van der Waals surface area contributed by atoms with Gasteiger partial charge in [-0.1, -0.05) is 24.3 Å². The molecule has 2 aromatic carbocycles. The summed E-state index contributed by atoms with van der Waals surface area (Å²) >= 11 is 0. The average molecular weight is 340 g/mol. The van der Waals surface area contributed by atoms with Gasteiger partial charge >= 0.3 is 0 Å². The van der Waals surface area contributed by atoms with Gasteiger partial charge in [0, 0.05) is 18.0 Å². The van der Waals surface area contributed by atoms with Gasteiger partial charge in [0.05, 0.1) is 0 Å². The lowest BCUT2D eigenvalue weighted by atomic mass is 10.2. The van der Waals surface area contributed by atoms with E-state index in [1.54, 1.807) is 36.4 Å². The van der Waals surface area contributed by atoms with E-state index in [4.69, 9.17) is 9.47 Å². The summed E-state index contributed by atoms with van der Waals surface area (Å²) in [5, 5.41) is 5.56. The summed E-state index contributed by atoms with van der Waals surface area (Å²) < 4.78 is 10.8. The van der Waals surface area contributed by atoms with Crippen molar-refractivity contribution in [3.8, 4) is 5.75 Å². The van der Waals surface area contributed by atoms with Crippen LogP contribution in [0.5, 0.6) is 5.75 Å². The first-order valence-electron chi connectivity index (χ1n) is 8.21. The summed E-state index contributed by atoms with van der Waals surface area (Å²) in [6, 6.07) is 16.1. The number of hydrogen-bond donors (Lipinski definition) is 2. The van der Waals surface area contributed by atoms with Crippen molar-refractivity contribution < 1.29 is 19.1 Å². The van der Waals surface area contributed by atoms with E-state index < -0.39 is 6.10 Å². The van der Waals surface area contributed by atoms with Crippen LogP contribution in [0.15, 0.2) is 54.6 Å². The molecule has 1 aliphatic rings. The van der Waals surface area contributed by atoms with Gasteiger partial charge in [0.15, 0.2) is 6.61 Å². The number of nitrogens with one attached hydrogen (secondary N) is 2. The Morgan fingerprint density at radius 2 is 1.80 bits per heavy atom. The Balaban J connectivity index is 1.52. The first-order valence-corrected chi connectivity index (χ1v) is 8.21. The van der Waals surface area contributed by atoms with Crippen LogP contribution in [-0.2, 0) is 14.3 Å². The van der Waals surface area contributed by atoms with Crippen LogP contribution in [0.2, 0.25) is 0 Å². The lowest BCUT2D eigenvalue weighted by Crippen LogP contribution is -2.27. The van der Waals surface area contributed by atoms with Gasteiger partial charge in [0.25, 0.3) is 11.8 Å². The molecule has 0 bridgehead atoms. The van der Waals surface area contributed by atoms with Crippen LogP contribution in [0.1, 0.15) is 12.8 Å². The van der Waals surface area contributed by atoms with Crippen molar-refractivity contribution >= 4 is 23.2 Å². The molecule has 1 saturated heterocycles. The predicted octanol–water partition coefficient (Wildman–Crippen LogP) is 2.82. The molecule has 0 spiro atoms. The Morgan fingerprint density at radius 1 is 1.04 bits per heavy atom. The molecule has 0 aliphatic carbocycles. The van der Waals surface area contributed by atoms with Crippen molar-refractivity contribution in [1.29, 1.82) is 0 Å². The summed E-state index contributed by atoms with van der Waals surface area (Å²) in [6.45, 7) is 0.534. The van der Waals surface area contributed by atoms with E-state index in [1.165, 1.54) is 0 Å². The van der Waals surface area contributed by atoms with Crippen molar-refractivity contribution in [3.63, 3.8) is 0 Å². The van der Waals surface area contributed by atoms with Crippen LogP contribution in [0, 0.1) is 0 Å². The van der Waals surface area contributed by atoms with Gasteiger partial charge in [0.1, 0.15) is 11.9 Å². The number of anilines is 2. The van der Waals surface area contributed by atoms with Crippen molar-refractivity contribution in [1.82, 2.24) is 0 Å². The maximum Gasteiger partial charge on any atom is 0.262 e. The zero-order valence-electron chi connectivity index (χ0n) is 13.7. The molecule has 130 valence electrons. The first kappa shape index (κ1) is 17.0. The maximum atomic E-state index is 12.1. The third-order valence-electron chi connectivity index (χ3n) is 3.75. The molecule has 1 atom stereocenters. The largest absolute Gasteiger partial charge is 0.484 e. The summed E-state index contributed by atoms with van der Waals surface area (Å²) in [5.74, 6) is 0.204. The molecule has 2 amide bonds. The highest BCUT2D eigenvalue weighted by atomic mass is 16.5. The number of rotatable bonds is 6. The Labute approximate surface area is 146 Å². The third-order valence-corrected chi connectivity index (χ3v) is 3.75. The molecule has 0 aromatic heterocycles. The first-order chi connectivity index (χ1) is 12.2. The SMILES string of the molecule is O=C(COc1ccccc1)Nc1cccc(NC(=O)C2CCCO2)c1. The second-order valence-electron chi connectivity index (χ2n) is 5.72. The van der Waals surface area contributed by atoms with Crippen molar-refractivity contribution in [2.45, 2.75) is 18.9 Å². The molecule has 1 fully saturated rings. The van der Waals surface area contributed by atoms with Gasteiger partial charge in [-0.25, -0.2) is 0 Å². The highest BCUT2D eigenvalue weighted by Gasteiger charge is 2.23. The van der Waals surface area contributed by atoms with E-state index in [-0.39, 0.29) is 18.4 Å². The molecular formula is C19H20N2O4. The van der Waals surface area contributed by atoms with Crippen LogP contribution in [0.25, 0.3) is 0 Å². The van der Waals surface area contributed by atoms with Gasteiger partial charge < -0.3 is 20.1 Å². The molecule has 25 heavy (non-hydrogen) atoms. The fourth-order valence-electron chi connectivity index (χ4n) is 2.54. The molecule has 1 aliphatic heterocycles. The number of benzene rings is 2. The standard InChI is InChI=1S/C19H20N2O4/c22-18(13-25-16-8-2-1-3-9-16)20-14-6-4-7-15(12-14)21-19(23)17-10-5-11-24-17/h1-4,6-9,12,17H,5,10-11,13H2,(H,20,22)(H,21,23). The van der Waals surface area contributed by atoms with Gasteiger partial charge in [-0.05, 0) is 43.2 Å². The summed E-state index contributed by atoms with van der Waals surface area (Å²) in [7, 11) is 0. The minimum atomic E-state index is -0.391. The van der Waals surface area contributed by atoms with E-state index in [2.05, 4.69) is 10.6 Å². The number of carbonyl (C=O) groups excluding carboxylic acids is 2. The minimum Gasteiger partial charge on any atom is -0.484 e. The lowest BCUT2D eigenvalue weighted by Gasteiger charge is -2.12. The molecule has 1 unspecified atom stereocenters. The van der Waals surface area contributed by atoms with Gasteiger partial charge in [-0.2, -0.15) is 0 Å². The Morgan fingerprint density at radius 3 is 2.52 bits per heavy atom. The van der Waals surface area contributed by atoms with E-state index >= 15 is 0 Å². The van der Waals surface area contributed by atoms with Crippen LogP contribution >= 0.6 is 0 Å². The molecule has 6 heteroatoms. The zero-order chi connectivity index (χ0) is 17.5. The molecule has 2 N–H and O–H groups in total. The molecule has 2 aromatic rings. The van der Waals surface area contributed by atoms with Crippen LogP contribution in [-0.4, -0.2) is 31.1 Å². The number of amides is 2. The number of ether oxygens (including phenoxy) is 2. The fourth-order valence-corrected chi connectivity index (χ4v) is 2.54. The quantitative estimate of drug-likeness (QED) is 0.848. The van der Waals surface area contributed by atoms with Gasteiger partial charge in [-0.15, -0.1) is 0 Å². The monoisotopic (exact) mass is 340 g/mol. The number of hydrogen-bond acceptors (Lipinski definition) is 4. The summed E-state index contributed by atoms with van der Waals surface area (Å²) in [6.07, 6.45) is 1.24. The second kappa shape index (κ2) is 8.30. The highest BCUT2D eigenvalue weighted by Crippen LogP contribution is 2.18. The van der Waals surface area contributed by atoms with Crippen LogP contribution < -0.4 is 15.4 Å². The number of carbonyl (C=O) groups is 2. The van der Waals surface area contributed by atoms with E-state index in [1.807, 2.05) is 18.2 Å². The van der Waals surface area contributed by atoms with Crippen LogP contribution in [0.3, 0.4) is 0 Å². The fraction of sp³-hybridized carbons (Fsp3) is 0.263. The highest BCUT2D eigenvalue weighted by molar-refractivity contribution is 5.96. The predicted molar refractivity (Wildman–Crippen MR) is 94.6 cm³/mol. The van der Waals surface area contributed by atoms with Crippen LogP contribution in [0.4, 0.5) is 11.4 Å². The Kier molecular flexibility index (Phi) is 5.64. The lowest BCUT2D eigenvalue weighted by molar-refractivity contribution is -0.124. The normalized spacial score (nSPS) is 16.2. The molecule has 1 heterocycles. The molecule has 0 saturated carbocycles. The topological polar surface area (TPSA) is 76.7 Å². The molecule has 6 nitrogen and oxygen atoms in total. The molecule has 3 rings (SSSR count). The summed E-state index contributed by atoms with van der Waals surface area (Å²) in [4.78, 5) is 24.0. The Bertz CT molecular complexity index is 727. The van der Waals surface area contributed by atoms with E-state index in [0.29, 0.717) is 23.7 Å². The minimum absolute atomic E-state index is 0.0868. The number of para-hydroxylation sites is 1. The smallest absolute Gasteiger partial charge is 0.262 e. The van der Waals surface area contributed by atoms with Gasteiger partial charge in [-0.3, -0.25) is 9.59 Å². The zero-order valence-corrected chi connectivity index (χ0v) is 13.7. The third kappa shape index (κ3) is 5.06. The maximum absolute atomic E-state index is 12.1. The van der Waals surface area contributed by atoms with E-state index in [9.17, 15) is 9.59 Å². The van der Waals surface area contributed by atoms with Gasteiger partial charge in [0.2, 0.25) is 0 Å². The summed E-state index contributed by atoms with van der Waals surface area (Å²) in [5.41, 5.74) is 1.20. The second-order valence-corrected chi connectivity index (χ2v) is 5.72. The molecule has 0 radical (unpaired) electrons. The van der Waals surface area contributed by atoms with Crippen molar-refractivity contribution in [2.75, 3.05) is 23.8 Å².